The zero-order valence-electron chi connectivity index (χ0n) is 11.9. The van der Waals surface area contributed by atoms with Crippen LogP contribution >= 0.6 is 0 Å². The van der Waals surface area contributed by atoms with Crippen molar-refractivity contribution in [1.29, 1.82) is 0 Å². The van der Waals surface area contributed by atoms with Crippen LogP contribution < -0.4 is 11.1 Å². The summed E-state index contributed by atoms with van der Waals surface area (Å²) in [7, 11) is 0. The SMILES string of the molecule is CC(C)C1OCCC1CNC(=O)[C@@H]1CC[C@H](CN)O1. The van der Waals surface area contributed by atoms with E-state index < -0.39 is 0 Å². The Morgan fingerprint density at radius 2 is 2.16 bits per heavy atom. The van der Waals surface area contributed by atoms with Gasteiger partial charge in [-0.25, -0.2) is 0 Å². The summed E-state index contributed by atoms with van der Waals surface area (Å²) in [5, 5.41) is 3.01. The van der Waals surface area contributed by atoms with Crippen molar-refractivity contribution in [3.05, 3.63) is 0 Å². The van der Waals surface area contributed by atoms with Gasteiger partial charge < -0.3 is 20.5 Å². The summed E-state index contributed by atoms with van der Waals surface area (Å²) in [5.74, 6) is 0.926. The largest absolute Gasteiger partial charge is 0.378 e. The molecule has 0 aromatic carbocycles. The van der Waals surface area contributed by atoms with Crippen molar-refractivity contribution in [2.45, 2.75) is 51.4 Å². The third-order valence-electron chi connectivity index (χ3n) is 4.12. The highest BCUT2D eigenvalue weighted by molar-refractivity contribution is 5.81. The average Bonchev–Trinajstić information content (AvgIpc) is 3.04. The first-order valence-electron chi connectivity index (χ1n) is 7.36. The molecule has 2 saturated heterocycles. The van der Waals surface area contributed by atoms with Crippen LogP contribution in [-0.4, -0.2) is 43.9 Å². The summed E-state index contributed by atoms with van der Waals surface area (Å²) in [4.78, 5) is 12.0. The van der Waals surface area contributed by atoms with Gasteiger partial charge in [-0.3, -0.25) is 4.79 Å². The van der Waals surface area contributed by atoms with E-state index in [0.29, 0.717) is 24.9 Å². The molecule has 110 valence electrons. The smallest absolute Gasteiger partial charge is 0.249 e. The lowest BCUT2D eigenvalue weighted by Crippen LogP contribution is -2.40. The quantitative estimate of drug-likeness (QED) is 0.770. The molecule has 5 heteroatoms. The number of nitrogens with two attached hydrogens (primary N) is 1. The van der Waals surface area contributed by atoms with Gasteiger partial charge in [-0.1, -0.05) is 13.8 Å². The summed E-state index contributed by atoms with van der Waals surface area (Å²) in [5.41, 5.74) is 5.55. The monoisotopic (exact) mass is 270 g/mol. The molecule has 4 atom stereocenters. The number of rotatable bonds is 5. The van der Waals surface area contributed by atoms with Crippen molar-refractivity contribution in [3.63, 3.8) is 0 Å². The maximum absolute atomic E-state index is 12.0. The van der Waals surface area contributed by atoms with Crippen molar-refractivity contribution in [2.75, 3.05) is 19.7 Å². The zero-order valence-corrected chi connectivity index (χ0v) is 11.9. The van der Waals surface area contributed by atoms with Gasteiger partial charge >= 0.3 is 0 Å². The van der Waals surface area contributed by atoms with Crippen LogP contribution in [0.4, 0.5) is 0 Å². The van der Waals surface area contributed by atoms with Crippen LogP contribution in [0.15, 0.2) is 0 Å². The topological polar surface area (TPSA) is 73.6 Å². The standard InChI is InChI=1S/C14H26N2O3/c1-9(2)13-10(5-6-18-13)8-16-14(17)12-4-3-11(7-15)19-12/h9-13H,3-8,15H2,1-2H3,(H,16,17)/t10?,11-,12+,13?/m1/s1. The van der Waals surface area contributed by atoms with Crippen LogP contribution in [0.25, 0.3) is 0 Å². The van der Waals surface area contributed by atoms with Gasteiger partial charge in [0.05, 0.1) is 12.2 Å². The Balaban J connectivity index is 1.74. The van der Waals surface area contributed by atoms with E-state index in [4.69, 9.17) is 15.2 Å². The molecule has 19 heavy (non-hydrogen) atoms. The van der Waals surface area contributed by atoms with E-state index in [1.165, 1.54) is 0 Å². The van der Waals surface area contributed by atoms with Crippen molar-refractivity contribution in [1.82, 2.24) is 5.32 Å². The highest BCUT2D eigenvalue weighted by Crippen LogP contribution is 2.26. The first-order chi connectivity index (χ1) is 9.11. The lowest BCUT2D eigenvalue weighted by molar-refractivity contribution is -0.132. The molecule has 5 nitrogen and oxygen atoms in total. The Kier molecular flexibility index (Phi) is 5.19. The molecule has 1 amide bonds. The molecule has 2 heterocycles. The molecule has 2 aliphatic rings. The molecule has 3 N–H and O–H groups in total. The van der Waals surface area contributed by atoms with E-state index in [9.17, 15) is 4.79 Å². The Bertz CT molecular complexity index is 309. The second-order valence-corrected chi connectivity index (χ2v) is 5.93. The molecule has 2 fully saturated rings. The number of hydrogen-bond acceptors (Lipinski definition) is 4. The zero-order chi connectivity index (χ0) is 13.8. The minimum Gasteiger partial charge on any atom is -0.378 e. The second-order valence-electron chi connectivity index (χ2n) is 5.93. The molecule has 0 aromatic rings. The number of carbonyl (C=O) groups excluding carboxylic acids is 1. The van der Waals surface area contributed by atoms with Crippen LogP contribution in [0.3, 0.4) is 0 Å². The molecule has 0 bridgehead atoms. The predicted molar refractivity (Wildman–Crippen MR) is 72.6 cm³/mol. The van der Waals surface area contributed by atoms with Crippen molar-refractivity contribution in [3.8, 4) is 0 Å². The van der Waals surface area contributed by atoms with E-state index in [0.717, 1.165) is 25.9 Å². The van der Waals surface area contributed by atoms with Gasteiger partial charge in [-0.15, -0.1) is 0 Å². The molecular weight excluding hydrogens is 244 g/mol. The van der Waals surface area contributed by atoms with Gasteiger partial charge in [0, 0.05) is 25.6 Å². The van der Waals surface area contributed by atoms with Crippen molar-refractivity contribution >= 4 is 5.91 Å². The van der Waals surface area contributed by atoms with Crippen LogP contribution in [0, 0.1) is 11.8 Å². The van der Waals surface area contributed by atoms with Gasteiger partial charge in [0.25, 0.3) is 0 Å². The van der Waals surface area contributed by atoms with Crippen molar-refractivity contribution < 1.29 is 14.3 Å². The number of hydrogen-bond donors (Lipinski definition) is 2. The molecule has 0 aromatic heterocycles. The number of nitrogens with one attached hydrogen (secondary N) is 1. The Morgan fingerprint density at radius 1 is 1.37 bits per heavy atom. The second kappa shape index (κ2) is 6.68. The summed E-state index contributed by atoms with van der Waals surface area (Å²) in [6.07, 6.45) is 2.70. The Morgan fingerprint density at radius 3 is 2.79 bits per heavy atom. The average molecular weight is 270 g/mol. The normalized spacial score (nSPS) is 34.9. The van der Waals surface area contributed by atoms with E-state index in [-0.39, 0.29) is 24.2 Å². The minimum atomic E-state index is -0.312. The van der Waals surface area contributed by atoms with Gasteiger partial charge in [0.1, 0.15) is 6.10 Å². The predicted octanol–water partition coefficient (Wildman–Crippen LogP) is 0.670. The number of amides is 1. The highest BCUT2D eigenvalue weighted by atomic mass is 16.5. The van der Waals surface area contributed by atoms with E-state index in [1.54, 1.807) is 0 Å². The molecule has 2 unspecified atom stereocenters. The van der Waals surface area contributed by atoms with E-state index in [2.05, 4.69) is 19.2 Å². The lowest BCUT2D eigenvalue weighted by atomic mass is 9.93. The Labute approximate surface area is 115 Å². The molecule has 0 saturated carbocycles. The number of ether oxygens (including phenoxy) is 2. The minimum absolute atomic E-state index is 0.00496. The van der Waals surface area contributed by atoms with E-state index >= 15 is 0 Å². The van der Waals surface area contributed by atoms with Gasteiger partial charge in [0.15, 0.2) is 0 Å². The molecule has 2 rings (SSSR count). The van der Waals surface area contributed by atoms with Gasteiger partial charge in [-0.2, -0.15) is 0 Å². The third kappa shape index (κ3) is 3.68. The fraction of sp³-hybridized carbons (Fsp3) is 0.929. The third-order valence-corrected chi connectivity index (χ3v) is 4.12. The van der Waals surface area contributed by atoms with Gasteiger partial charge in [0.2, 0.25) is 5.91 Å². The summed E-state index contributed by atoms with van der Waals surface area (Å²) in [6.45, 7) is 6.32. The summed E-state index contributed by atoms with van der Waals surface area (Å²) < 4.78 is 11.3. The lowest BCUT2D eigenvalue weighted by Gasteiger charge is -2.23. The van der Waals surface area contributed by atoms with Crippen LogP contribution in [-0.2, 0) is 14.3 Å². The van der Waals surface area contributed by atoms with Gasteiger partial charge in [-0.05, 0) is 25.2 Å². The van der Waals surface area contributed by atoms with E-state index in [1.807, 2.05) is 0 Å². The Hall–Kier alpha value is -0.650. The maximum atomic E-state index is 12.0. The molecule has 0 spiro atoms. The highest BCUT2D eigenvalue weighted by Gasteiger charge is 2.33. The summed E-state index contributed by atoms with van der Waals surface area (Å²) >= 11 is 0. The molecule has 2 aliphatic heterocycles. The fourth-order valence-corrected chi connectivity index (χ4v) is 3.03. The molecule has 0 radical (unpaired) electrons. The molecular formula is C14H26N2O3. The maximum Gasteiger partial charge on any atom is 0.249 e. The van der Waals surface area contributed by atoms with Crippen LogP contribution in [0.2, 0.25) is 0 Å². The summed E-state index contributed by atoms with van der Waals surface area (Å²) in [6, 6.07) is 0. The first kappa shape index (κ1) is 14.8. The van der Waals surface area contributed by atoms with Crippen LogP contribution in [0.1, 0.15) is 33.1 Å². The number of carbonyl (C=O) groups is 1. The fourth-order valence-electron chi connectivity index (χ4n) is 3.03. The van der Waals surface area contributed by atoms with Crippen LogP contribution in [0.5, 0.6) is 0 Å². The van der Waals surface area contributed by atoms with Crippen molar-refractivity contribution in [2.24, 2.45) is 17.6 Å². The first-order valence-corrected chi connectivity index (χ1v) is 7.36. The molecule has 0 aliphatic carbocycles.